The van der Waals surface area contributed by atoms with Gasteiger partial charge in [0.25, 0.3) is 17.7 Å². The molecule has 3 unspecified atom stereocenters. The number of hydrogen-bond acceptors (Lipinski definition) is 14. The third kappa shape index (κ3) is 10.00. The summed E-state index contributed by atoms with van der Waals surface area (Å²) in [5, 5.41) is 18.2. The number of methoxy groups -OCH3 is 1. The van der Waals surface area contributed by atoms with Gasteiger partial charge in [0, 0.05) is 56.4 Å². The third-order valence-corrected chi connectivity index (χ3v) is 14.3. The molecule has 3 fully saturated rings. The number of imidazole rings is 2. The maximum Gasteiger partial charge on any atom is 0.308 e. The Morgan fingerprint density at radius 1 is 0.685 bits per heavy atom. The number of aryl methyl sites for hydroxylation is 4. The second kappa shape index (κ2) is 20.5. The van der Waals surface area contributed by atoms with E-state index in [4.69, 9.17) is 34.6 Å². The van der Waals surface area contributed by atoms with Crippen LogP contribution in [0.4, 0.5) is 11.9 Å². The molecule has 2 bridgehead atoms. The smallest absolute Gasteiger partial charge is 0.308 e. The largest absolute Gasteiger partial charge is 0.490 e. The topological polar surface area (TPSA) is 259 Å². The number of amides is 4. The number of rotatable bonds is 11. The Hall–Kier alpha value is -7.59. The molecule has 4 amide bonds. The summed E-state index contributed by atoms with van der Waals surface area (Å²) in [4.78, 5) is 79.8. The Morgan fingerprint density at radius 3 is 1.68 bits per heavy atom. The van der Waals surface area contributed by atoms with Crippen molar-refractivity contribution < 1.29 is 42.9 Å². The first-order chi connectivity index (χ1) is 35.3. The molecule has 2 aromatic carbocycles. The van der Waals surface area contributed by atoms with E-state index in [2.05, 4.69) is 31.0 Å². The predicted molar refractivity (Wildman–Crippen MR) is 268 cm³/mol. The van der Waals surface area contributed by atoms with Crippen LogP contribution in [0.2, 0.25) is 0 Å². The number of allylic oxidation sites excluding steroid dienone is 2. The van der Waals surface area contributed by atoms with E-state index in [1.165, 1.54) is 7.11 Å². The fraction of sp³-hybridized carbons (Fsp3) is 0.471. The minimum absolute atomic E-state index is 0.0218. The molecule has 2 saturated heterocycles. The van der Waals surface area contributed by atoms with E-state index in [1.54, 1.807) is 45.8 Å². The highest BCUT2D eigenvalue weighted by Crippen LogP contribution is 2.36. The number of likely N-dealkylation sites (tertiary alicyclic amines) is 1. The number of anilines is 2. The highest BCUT2D eigenvalue weighted by Gasteiger charge is 2.38. The van der Waals surface area contributed by atoms with E-state index in [1.807, 2.05) is 49.0 Å². The number of carbonyl (C=O) groups is 5. The number of morpholine rings is 1. The molecule has 22 heteroatoms. The Bertz CT molecular complexity index is 3150. The van der Waals surface area contributed by atoms with Gasteiger partial charge in [-0.15, -0.1) is 0 Å². The van der Waals surface area contributed by atoms with Gasteiger partial charge >= 0.3 is 5.97 Å². The summed E-state index contributed by atoms with van der Waals surface area (Å²) in [6.45, 7) is 10.1. The van der Waals surface area contributed by atoms with E-state index in [0.717, 1.165) is 12.8 Å². The summed E-state index contributed by atoms with van der Waals surface area (Å²) in [7, 11) is 1.39. The van der Waals surface area contributed by atoms with Crippen LogP contribution in [-0.2, 0) is 40.4 Å². The molecule has 3 aliphatic heterocycles. The van der Waals surface area contributed by atoms with E-state index < -0.39 is 23.8 Å². The number of nitrogens with one attached hydrogen (secondary N) is 3. The fourth-order valence-corrected chi connectivity index (χ4v) is 10.6. The lowest BCUT2D eigenvalue weighted by molar-refractivity contribution is -0.146. The molecule has 1 saturated carbocycles. The van der Waals surface area contributed by atoms with E-state index in [0.29, 0.717) is 114 Å². The number of nitrogens with zero attached hydrogens (tertiary/aromatic N) is 9. The van der Waals surface area contributed by atoms with Gasteiger partial charge in [-0.05, 0) is 103 Å². The van der Waals surface area contributed by atoms with Crippen LogP contribution in [0.25, 0.3) is 22.1 Å². The molecule has 0 radical (unpaired) electrons. The van der Waals surface area contributed by atoms with Gasteiger partial charge in [-0.25, -0.2) is 9.97 Å². The van der Waals surface area contributed by atoms with Crippen LogP contribution in [0.3, 0.4) is 0 Å². The van der Waals surface area contributed by atoms with Gasteiger partial charge in [0.05, 0.1) is 53.7 Å². The first-order valence-electron chi connectivity index (χ1n) is 25.1. The molecule has 384 valence electrons. The van der Waals surface area contributed by atoms with Gasteiger partial charge in [0.15, 0.2) is 0 Å². The Morgan fingerprint density at radius 2 is 1.19 bits per heavy atom. The van der Waals surface area contributed by atoms with Crippen LogP contribution >= 0.6 is 0 Å². The quantitative estimate of drug-likeness (QED) is 0.101. The van der Waals surface area contributed by atoms with Gasteiger partial charge in [-0.2, -0.15) is 10.2 Å². The average molecular weight is 1000 g/mol. The zero-order valence-electron chi connectivity index (χ0n) is 41.7. The lowest BCUT2D eigenvalue weighted by Gasteiger charge is -2.37. The molecule has 0 spiro atoms. The molecule has 4 aliphatic rings. The van der Waals surface area contributed by atoms with E-state index in [-0.39, 0.29) is 79.8 Å². The lowest BCUT2D eigenvalue weighted by atomic mass is 9.86. The van der Waals surface area contributed by atoms with Crippen molar-refractivity contribution in [2.24, 2.45) is 11.7 Å². The normalized spacial score (nSPS) is 21.6. The standard InChI is InChI=1S/C51H61N13O9/c1-6-63-39(18-28(3)58-63)47(67)56-50-54-37-20-31(45(52)65)22-41-43(37)61(50)16-8-9-17-62-44-38(55-51(62)57-48(68)40-19-29(4)59-64(40)7-2)21-32(46(66)53-33-12-10-30(11-13-33)49(69)70-5)23-42(44)72-27-34(26-71-41)60-24-35-14-15-36(25-60)73-35/h8-9,18-23,30,33-36H,6-7,10-17,24-27H2,1-5H3,(H2,52,65)(H,53,66)(H,54,56,67)(H,55,57,68)/b9-8+/t30-,33-,34?,35?,36?. The van der Waals surface area contributed by atoms with Gasteiger partial charge in [0.1, 0.15) is 47.1 Å². The van der Waals surface area contributed by atoms with Gasteiger partial charge in [-0.1, -0.05) is 12.2 Å². The number of hydrogen-bond donors (Lipinski definition) is 4. The summed E-state index contributed by atoms with van der Waals surface area (Å²) in [5.41, 5.74) is 10.3. The molecule has 10 rings (SSSR count). The fourth-order valence-electron chi connectivity index (χ4n) is 10.6. The summed E-state index contributed by atoms with van der Waals surface area (Å²) < 4.78 is 31.9. The lowest BCUT2D eigenvalue weighted by Crippen LogP contribution is -2.52. The number of nitrogens with two attached hydrogens (primary N) is 1. The van der Waals surface area contributed by atoms with Crippen LogP contribution in [0, 0.1) is 19.8 Å². The monoisotopic (exact) mass is 999 g/mol. The van der Waals surface area contributed by atoms with Crippen molar-refractivity contribution in [2.75, 3.05) is 44.0 Å². The Balaban J connectivity index is 1.08. The Kier molecular flexibility index (Phi) is 13.8. The maximum atomic E-state index is 14.3. The SMILES string of the molecule is CCn1nc(C)cc1C(=O)Nc1nc2cc(C(N)=O)cc3c2n1C/C=C/Cn1c(NC(=O)c2cc(C)nn2CC)nc2cc(C(=O)N[C@H]4CC[C@H](C(=O)OC)CC4)cc(c21)OCC(N1CC2CCC(C1)O2)CO3. The third-order valence-electron chi connectivity index (χ3n) is 14.3. The average Bonchev–Trinajstić information content (AvgIpc) is 4.21. The number of fused-ring (bicyclic) bond motifs is 2. The molecule has 73 heavy (non-hydrogen) atoms. The van der Waals surface area contributed by atoms with Crippen molar-refractivity contribution in [1.29, 1.82) is 0 Å². The number of esters is 1. The Labute approximate surface area is 420 Å². The second-order valence-electron chi connectivity index (χ2n) is 19.2. The predicted octanol–water partition coefficient (Wildman–Crippen LogP) is 4.76. The van der Waals surface area contributed by atoms with Crippen molar-refractivity contribution in [3.63, 3.8) is 0 Å². The van der Waals surface area contributed by atoms with Crippen molar-refractivity contribution in [2.45, 2.75) is 117 Å². The molecule has 1 aliphatic carbocycles. The number of ether oxygens (including phenoxy) is 4. The number of benzene rings is 2. The van der Waals surface area contributed by atoms with E-state index >= 15 is 0 Å². The molecule has 7 heterocycles. The second-order valence-corrected chi connectivity index (χ2v) is 19.2. The highest BCUT2D eigenvalue weighted by molar-refractivity contribution is 6.05. The minimum atomic E-state index is -0.681. The van der Waals surface area contributed by atoms with Crippen LogP contribution < -0.4 is 31.2 Å². The van der Waals surface area contributed by atoms with Crippen LogP contribution in [0.5, 0.6) is 11.5 Å². The van der Waals surface area contributed by atoms with Gasteiger partial charge < -0.3 is 39.1 Å². The number of carbonyl (C=O) groups excluding carboxylic acids is 5. The van der Waals surface area contributed by atoms with Crippen LogP contribution in [0.1, 0.15) is 105 Å². The molecule has 4 aromatic heterocycles. The number of aromatic nitrogens is 8. The summed E-state index contributed by atoms with van der Waals surface area (Å²) in [6.07, 6.45) is 8.07. The maximum absolute atomic E-state index is 14.3. The first-order valence-corrected chi connectivity index (χ1v) is 25.1. The summed E-state index contributed by atoms with van der Waals surface area (Å²) >= 11 is 0. The minimum Gasteiger partial charge on any atom is -0.490 e. The first kappa shape index (κ1) is 49.0. The zero-order chi connectivity index (χ0) is 51.1. The van der Waals surface area contributed by atoms with E-state index in [9.17, 15) is 24.0 Å². The molecular weight excluding hydrogens is 939 g/mol. The van der Waals surface area contributed by atoms with Crippen LogP contribution in [-0.4, -0.2) is 131 Å². The summed E-state index contributed by atoms with van der Waals surface area (Å²) in [6, 6.07) is 9.43. The zero-order valence-corrected chi connectivity index (χ0v) is 41.7. The molecule has 6 aromatic rings. The van der Waals surface area contributed by atoms with Gasteiger partial charge in [0.2, 0.25) is 17.8 Å². The number of primary amides is 1. The summed E-state index contributed by atoms with van der Waals surface area (Å²) in [5.74, 6) is -1.26. The molecule has 3 atom stereocenters. The molecular formula is C51H61N13O9. The van der Waals surface area contributed by atoms with Crippen LogP contribution in [0.15, 0.2) is 48.6 Å². The van der Waals surface area contributed by atoms with Crippen molar-refractivity contribution in [3.05, 3.63) is 82.5 Å². The van der Waals surface area contributed by atoms with Crippen molar-refractivity contribution >= 4 is 63.6 Å². The molecule has 5 N–H and O–H groups in total. The molecule has 22 nitrogen and oxygen atoms in total. The van der Waals surface area contributed by atoms with Crippen molar-refractivity contribution in [1.82, 2.24) is 48.9 Å². The van der Waals surface area contributed by atoms with Crippen molar-refractivity contribution in [3.8, 4) is 11.5 Å². The van der Waals surface area contributed by atoms with Gasteiger partial charge in [-0.3, -0.25) is 48.9 Å². The highest BCUT2D eigenvalue weighted by atomic mass is 16.5.